The molecule has 2 aromatic carbocycles. The van der Waals surface area contributed by atoms with Crippen molar-refractivity contribution in [2.45, 2.75) is 4.90 Å². The summed E-state index contributed by atoms with van der Waals surface area (Å²) >= 11 is 1.32. The van der Waals surface area contributed by atoms with Crippen molar-refractivity contribution in [3.63, 3.8) is 0 Å². The van der Waals surface area contributed by atoms with Crippen LogP contribution in [-0.4, -0.2) is 47.5 Å². The summed E-state index contributed by atoms with van der Waals surface area (Å²) < 4.78 is 27.3. The summed E-state index contributed by atoms with van der Waals surface area (Å²) in [4.78, 5) is 27.5. The van der Waals surface area contributed by atoms with Gasteiger partial charge in [0.05, 0.1) is 22.6 Å². The zero-order chi connectivity index (χ0) is 23.6. The Kier molecular flexibility index (Phi) is 6.38. The normalized spacial score (nSPS) is 11.6. The van der Waals surface area contributed by atoms with E-state index in [1.165, 1.54) is 49.8 Å². The van der Waals surface area contributed by atoms with Crippen molar-refractivity contribution in [2.24, 2.45) is 7.05 Å². The fourth-order valence-electron chi connectivity index (χ4n) is 3.10. The first-order valence-corrected chi connectivity index (χ1v) is 12.1. The van der Waals surface area contributed by atoms with Crippen LogP contribution in [0.1, 0.15) is 10.4 Å². The van der Waals surface area contributed by atoms with Crippen molar-refractivity contribution in [2.75, 3.05) is 19.5 Å². The smallest absolute Gasteiger partial charge is 0.264 e. The summed E-state index contributed by atoms with van der Waals surface area (Å²) in [6.07, 6.45) is 3.55. The van der Waals surface area contributed by atoms with Crippen molar-refractivity contribution in [3.8, 4) is 22.0 Å². The number of benzene rings is 2. The van der Waals surface area contributed by atoms with Crippen LogP contribution in [0, 0.1) is 0 Å². The fourth-order valence-corrected chi connectivity index (χ4v) is 5.09. The lowest BCUT2D eigenvalue weighted by atomic mass is 10.1. The number of sulfonamides is 1. The van der Waals surface area contributed by atoms with Crippen LogP contribution in [0.2, 0.25) is 0 Å². The molecule has 0 saturated carbocycles. The van der Waals surface area contributed by atoms with E-state index < -0.39 is 15.9 Å². The van der Waals surface area contributed by atoms with E-state index in [0.717, 1.165) is 20.7 Å². The second-order valence-corrected chi connectivity index (χ2v) is 9.94. The highest BCUT2D eigenvalue weighted by Gasteiger charge is 2.22. The van der Waals surface area contributed by atoms with Crippen LogP contribution in [0.4, 0.5) is 5.13 Å². The maximum Gasteiger partial charge on any atom is 0.264 e. The number of carbonyl (C=O) groups excluding carboxylic acids is 1. The number of anilines is 1. The van der Waals surface area contributed by atoms with Gasteiger partial charge in [-0.25, -0.2) is 18.4 Å². The number of thiazole rings is 1. The molecule has 1 N–H and O–H groups in total. The Hall–Kier alpha value is -3.38. The van der Waals surface area contributed by atoms with Gasteiger partial charge in [0.25, 0.3) is 15.9 Å². The van der Waals surface area contributed by atoms with Crippen LogP contribution in [0.15, 0.2) is 71.9 Å². The third-order valence-electron chi connectivity index (χ3n) is 4.93. The molecule has 2 aromatic heterocycles. The molecule has 0 radical (unpaired) electrons. The molecule has 4 aromatic rings. The van der Waals surface area contributed by atoms with Crippen molar-refractivity contribution < 1.29 is 18.0 Å². The minimum atomic E-state index is -3.79. The topological polar surface area (TPSA) is 106 Å². The van der Waals surface area contributed by atoms with Crippen molar-refractivity contribution in [3.05, 3.63) is 72.6 Å². The van der Waals surface area contributed by atoms with Gasteiger partial charge in [-0.1, -0.05) is 46.1 Å². The van der Waals surface area contributed by atoms with Gasteiger partial charge in [0.2, 0.25) is 0 Å². The lowest BCUT2D eigenvalue weighted by Gasteiger charge is -2.14. The first-order valence-electron chi connectivity index (χ1n) is 9.79. The number of imidazole rings is 1. The number of hydrogen-bond donors (Lipinski definition) is 1. The molecule has 0 atom stereocenters. The minimum absolute atomic E-state index is 0.0149. The summed E-state index contributed by atoms with van der Waals surface area (Å²) in [6.45, 7) is 0. The van der Waals surface area contributed by atoms with Gasteiger partial charge >= 0.3 is 0 Å². The van der Waals surface area contributed by atoms with Crippen LogP contribution in [-0.2, 0) is 21.9 Å². The van der Waals surface area contributed by atoms with Crippen molar-refractivity contribution in [1.82, 2.24) is 19.0 Å². The van der Waals surface area contributed by atoms with E-state index >= 15 is 0 Å². The van der Waals surface area contributed by atoms with Gasteiger partial charge < -0.3 is 4.57 Å². The third kappa shape index (κ3) is 4.57. The molecule has 9 nitrogen and oxygen atoms in total. The van der Waals surface area contributed by atoms with E-state index in [1.807, 2.05) is 48.1 Å². The van der Waals surface area contributed by atoms with E-state index in [9.17, 15) is 13.2 Å². The van der Waals surface area contributed by atoms with Crippen LogP contribution in [0.5, 0.6) is 0 Å². The van der Waals surface area contributed by atoms with Gasteiger partial charge in [0, 0.05) is 37.6 Å². The predicted octanol–water partition coefficient (Wildman–Crippen LogP) is 3.64. The highest BCUT2D eigenvalue weighted by molar-refractivity contribution is 7.89. The van der Waals surface area contributed by atoms with Crippen molar-refractivity contribution in [1.29, 1.82) is 0 Å². The number of rotatable bonds is 7. The summed E-state index contributed by atoms with van der Waals surface area (Å²) in [5.41, 5.74) is 1.92. The zero-order valence-corrected chi connectivity index (χ0v) is 19.7. The molecule has 0 aliphatic rings. The number of hydroxylamine groups is 1. The van der Waals surface area contributed by atoms with E-state index in [4.69, 9.17) is 4.84 Å². The third-order valence-corrected chi connectivity index (χ3v) is 7.59. The highest BCUT2D eigenvalue weighted by atomic mass is 32.2. The molecule has 33 heavy (non-hydrogen) atoms. The molecule has 0 unspecified atom stereocenters. The predicted molar refractivity (Wildman–Crippen MR) is 126 cm³/mol. The van der Waals surface area contributed by atoms with Crippen LogP contribution >= 0.6 is 11.3 Å². The van der Waals surface area contributed by atoms with E-state index in [1.54, 1.807) is 6.20 Å². The monoisotopic (exact) mass is 483 g/mol. The first-order chi connectivity index (χ1) is 15.8. The molecule has 0 saturated heterocycles. The summed E-state index contributed by atoms with van der Waals surface area (Å²) in [5.74, 6) is 0.336. The molecule has 0 aliphatic carbocycles. The fraction of sp³-hybridized carbons (Fsp3) is 0.136. The molecule has 1 amide bonds. The average molecular weight is 484 g/mol. The number of carbonyl (C=O) groups is 1. The minimum Gasteiger partial charge on any atom is -0.333 e. The molecular weight excluding hydrogens is 462 g/mol. The number of nitrogens with one attached hydrogen (secondary N) is 1. The number of aromatic nitrogens is 3. The second kappa shape index (κ2) is 9.24. The first kappa shape index (κ1) is 22.8. The molecule has 11 heteroatoms. The lowest BCUT2D eigenvalue weighted by molar-refractivity contribution is -0.0258. The average Bonchev–Trinajstić information content (AvgIpc) is 3.44. The summed E-state index contributed by atoms with van der Waals surface area (Å²) in [7, 11) is 0.656. The largest absolute Gasteiger partial charge is 0.333 e. The summed E-state index contributed by atoms with van der Waals surface area (Å²) in [6, 6.07) is 15.3. The van der Waals surface area contributed by atoms with E-state index in [2.05, 4.69) is 15.3 Å². The van der Waals surface area contributed by atoms with Gasteiger partial charge in [0.1, 0.15) is 0 Å². The molecule has 0 bridgehead atoms. The maximum atomic E-state index is 12.8. The van der Waals surface area contributed by atoms with Crippen LogP contribution in [0.25, 0.3) is 22.0 Å². The van der Waals surface area contributed by atoms with Gasteiger partial charge in [-0.05, 0) is 24.3 Å². The Labute approximate surface area is 195 Å². The Morgan fingerprint density at radius 1 is 1.12 bits per heavy atom. The quantitative estimate of drug-likeness (QED) is 0.402. The Balaban J connectivity index is 1.63. The Bertz CT molecular complexity index is 1380. The van der Waals surface area contributed by atoms with E-state index in [-0.39, 0.29) is 4.90 Å². The SMILES string of the molecule is CON(C)S(=O)(=O)c1ccc(C(=O)Nc2nc(-c3ccccc3)c(-c3nccn3C)s2)cc1. The maximum absolute atomic E-state index is 12.8. The molecule has 2 heterocycles. The molecule has 0 fully saturated rings. The molecule has 0 aliphatic heterocycles. The number of nitrogens with zero attached hydrogens (tertiary/aromatic N) is 4. The molecule has 4 rings (SSSR count). The number of hydrogen-bond acceptors (Lipinski definition) is 7. The van der Waals surface area contributed by atoms with Crippen LogP contribution < -0.4 is 5.32 Å². The zero-order valence-electron chi connectivity index (χ0n) is 18.1. The second-order valence-electron chi connectivity index (χ2n) is 7.00. The lowest BCUT2D eigenvalue weighted by Crippen LogP contribution is -2.25. The van der Waals surface area contributed by atoms with Gasteiger partial charge in [-0.15, -0.1) is 0 Å². The molecular formula is C22H21N5O4S2. The molecule has 170 valence electrons. The summed E-state index contributed by atoms with van der Waals surface area (Å²) in [5, 5.41) is 3.22. The van der Waals surface area contributed by atoms with Gasteiger partial charge in [0.15, 0.2) is 11.0 Å². The molecule has 0 spiro atoms. The standard InChI is InChI=1S/C22H21N5O4S2/c1-26-14-13-23-20(26)19-18(15-7-5-4-6-8-15)24-22(32-19)25-21(28)16-9-11-17(12-10-16)33(29,30)27(2)31-3/h4-14H,1-3H3,(H,24,25,28). The van der Waals surface area contributed by atoms with Crippen LogP contribution in [0.3, 0.4) is 0 Å². The van der Waals surface area contributed by atoms with Gasteiger partial charge in [-0.2, -0.15) is 0 Å². The van der Waals surface area contributed by atoms with Crippen molar-refractivity contribution >= 4 is 32.4 Å². The van der Waals surface area contributed by atoms with Gasteiger partial charge in [-0.3, -0.25) is 14.9 Å². The van der Waals surface area contributed by atoms with E-state index in [0.29, 0.717) is 16.4 Å². The number of aryl methyl sites for hydroxylation is 1. The highest BCUT2D eigenvalue weighted by Crippen LogP contribution is 2.38. The Morgan fingerprint density at radius 2 is 1.82 bits per heavy atom. The number of amides is 1. The Morgan fingerprint density at radius 3 is 2.42 bits per heavy atom.